The molecule has 1 aliphatic rings. The monoisotopic (exact) mass is 377 g/mol. The highest BCUT2D eigenvalue weighted by molar-refractivity contribution is 6.16. The van der Waals surface area contributed by atoms with Gasteiger partial charge in [0.2, 0.25) is 0 Å². The molecule has 0 unspecified atom stereocenters. The maximum Gasteiger partial charge on any atom is 0.340 e. The number of ether oxygens (including phenoxy) is 2. The highest BCUT2D eigenvalue weighted by Gasteiger charge is 2.37. The van der Waals surface area contributed by atoms with Gasteiger partial charge in [-0.1, -0.05) is 48.5 Å². The molecule has 0 saturated carbocycles. The quantitative estimate of drug-likeness (QED) is 0.565. The number of hydrogen-bond donors (Lipinski definition) is 0. The molecule has 0 N–H and O–H groups in total. The van der Waals surface area contributed by atoms with Gasteiger partial charge in [-0.3, -0.25) is 4.79 Å². The summed E-state index contributed by atoms with van der Waals surface area (Å²) in [7, 11) is 1.32. The third-order valence-corrected chi connectivity index (χ3v) is 4.60. The van der Waals surface area contributed by atoms with Crippen molar-refractivity contribution in [2.24, 2.45) is 0 Å². The van der Waals surface area contributed by atoms with Crippen molar-refractivity contribution < 1.29 is 19.1 Å². The lowest BCUT2D eigenvalue weighted by Gasteiger charge is -2.17. The summed E-state index contributed by atoms with van der Waals surface area (Å²) in [5.41, 5.74) is 2.90. The predicted molar refractivity (Wildman–Crippen MR) is 107 cm³/mol. The number of para-hydroxylation sites is 1. The van der Waals surface area contributed by atoms with Gasteiger partial charge in [0.1, 0.15) is 5.75 Å². The van der Waals surface area contributed by atoms with Crippen molar-refractivity contribution >= 4 is 18.0 Å². The van der Waals surface area contributed by atoms with E-state index in [-0.39, 0.29) is 11.5 Å². The van der Waals surface area contributed by atoms with Crippen molar-refractivity contribution in [2.45, 2.75) is 20.4 Å². The van der Waals surface area contributed by atoms with E-state index in [0.29, 0.717) is 30.2 Å². The Bertz CT molecular complexity index is 944. The molecule has 0 aromatic heterocycles. The lowest BCUT2D eigenvalue weighted by atomic mass is 10.0. The number of rotatable bonds is 6. The van der Waals surface area contributed by atoms with Crippen LogP contribution in [0.3, 0.4) is 0 Å². The molecule has 0 bridgehead atoms. The molecular weight excluding hydrogens is 354 g/mol. The minimum atomic E-state index is -0.526. The highest BCUT2D eigenvalue weighted by atomic mass is 16.5. The Labute approximate surface area is 164 Å². The third kappa shape index (κ3) is 3.83. The fourth-order valence-corrected chi connectivity index (χ4v) is 3.23. The van der Waals surface area contributed by atoms with Crippen LogP contribution < -0.4 is 4.74 Å². The first-order chi connectivity index (χ1) is 13.6. The van der Waals surface area contributed by atoms with E-state index in [9.17, 15) is 9.59 Å². The Morgan fingerprint density at radius 1 is 1.07 bits per heavy atom. The summed E-state index contributed by atoms with van der Waals surface area (Å²) < 4.78 is 10.6. The molecule has 2 aromatic rings. The number of carbonyl (C=O) groups excluding carboxylic acids is 2. The summed E-state index contributed by atoms with van der Waals surface area (Å²) in [4.78, 5) is 27.2. The molecule has 1 heterocycles. The number of amides is 1. The first-order valence-corrected chi connectivity index (χ1v) is 9.15. The molecule has 3 rings (SSSR count). The van der Waals surface area contributed by atoms with Crippen LogP contribution in [0.2, 0.25) is 0 Å². The minimum Gasteiger partial charge on any atom is -0.493 e. The fourth-order valence-electron chi connectivity index (χ4n) is 3.23. The molecule has 28 heavy (non-hydrogen) atoms. The first kappa shape index (κ1) is 19.4. The number of esters is 1. The lowest BCUT2D eigenvalue weighted by Crippen LogP contribution is -2.24. The van der Waals surface area contributed by atoms with Crippen LogP contribution in [0.4, 0.5) is 0 Å². The average Bonchev–Trinajstić information content (AvgIpc) is 2.94. The zero-order chi connectivity index (χ0) is 20.1. The number of carbonyl (C=O) groups is 2. The second-order valence-electron chi connectivity index (χ2n) is 6.36. The molecule has 1 amide bonds. The maximum absolute atomic E-state index is 13.2. The molecule has 5 nitrogen and oxygen atoms in total. The Morgan fingerprint density at radius 3 is 2.43 bits per heavy atom. The molecule has 0 saturated heterocycles. The Morgan fingerprint density at radius 2 is 1.75 bits per heavy atom. The summed E-state index contributed by atoms with van der Waals surface area (Å²) >= 11 is 0. The first-order valence-electron chi connectivity index (χ1n) is 9.15. The van der Waals surface area contributed by atoms with Crippen LogP contribution in [-0.2, 0) is 20.9 Å². The Kier molecular flexibility index (Phi) is 5.94. The summed E-state index contributed by atoms with van der Waals surface area (Å²) in [5.74, 6) is -0.0942. The van der Waals surface area contributed by atoms with Crippen LogP contribution in [0, 0.1) is 0 Å². The zero-order valence-electron chi connectivity index (χ0n) is 16.3. The van der Waals surface area contributed by atoms with Crippen LogP contribution >= 0.6 is 0 Å². The molecular formula is C23H23NO4. The number of methoxy groups -OCH3 is 1. The topological polar surface area (TPSA) is 55.8 Å². The van der Waals surface area contributed by atoms with Gasteiger partial charge in [-0.2, -0.15) is 0 Å². The van der Waals surface area contributed by atoms with Crippen LogP contribution in [0.5, 0.6) is 5.75 Å². The van der Waals surface area contributed by atoms with Gasteiger partial charge in [0.15, 0.2) is 0 Å². The van der Waals surface area contributed by atoms with E-state index in [4.69, 9.17) is 9.47 Å². The standard InChI is InChI=1S/C23H23NO4/c1-4-28-20-13-9-8-12-18(20)14-19-21(23(26)27-3)16(2)24(22(19)25)15-17-10-6-5-7-11-17/h5-14H,4,15H2,1-3H3/b19-14-. The normalized spacial score (nSPS) is 15.3. The SMILES string of the molecule is CCOc1ccccc1/C=C1\C(=O)N(Cc2ccccc2)C(C)=C1C(=O)OC. The van der Waals surface area contributed by atoms with Crippen molar-refractivity contribution in [3.05, 3.63) is 82.6 Å². The fraction of sp³-hybridized carbons (Fsp3) is 0.217. The van der Waals surface area contributed by atoms with Gasteiger partial charge in [-0.15, -0.1) is 0 Å². The molecule has 144 valence electrons. The second kappa shape index (κ2) is 8.57. The molecule has 5 heteroatoms. The van der Waals surface area contributed by atoms with E-state index in [0.717, 1.165) is 11.1 Å². The van der Waals surface area contributed by atoms with Gasteiger partial charge in [0.05, 0.1) is 31.4 Å². The minimum absolute atomic E-state index is 0.229. The van der Waals surface area contributed by atoms with E-state index < -0.39 is 5.97 Å². The number of nitrogens with zero attached hydrogens (tertiary/aromatic N) is 1. The average molecular weight is 377 g/mol. The van der Waals surface area contributed by atoms with E-state index in [1.807, 2.05) is 61.5 Å². The Hall–Kier alpha value is -3.34. The summed E-state index contributed by atoms with van der Waals surface area (Å²) in [6.45, 7) is 4.56. The molecule has 0 spiro atoms. The van der Waals surface area contributed by atoms with Gasteiger partial charge < -0.3 is 14.4 Å². The van der Waals surface area contributed by atoms with Gasteiger partial charge in [0, 0.05) is 11.3 Å². The lowest BCUT2D eigenvalue weighted by molar-refractivity contribution is -0.136. The van der Waals surface area contributed by atoms with Crippen LogP contribution in [-0.4, -0.2) is 30.5 Å². The predicted octanol–water partition coefficient (Wildman–Crippen LogP) is 3.96. The molecule has 2 aromatic carbocycles. The smallest absolute Gasteiger partial charge is 0.340 e. The van der Waals surface area contributed by atoms with Gasteiger partial charge in [0.25, 0.3) is 5.91 Å². The van der Waals surface area contributed by atoms with Crippen LogP contribution in [0.1, 0.15) is 25.0 Å². The van der Waals surface area contributed by atoms with Crippen molar-refractivity contribution in [3.63, 3.8) is 0 Å². The van der Waals surface area contributed by atoms with Gasteiger partial charge >= 0.3 is 5.97 Å². The van der Waals surface area contributed by atoms with Crippen molar-refractivity contribution in [3.8, 4) is 5.75 Å². The molecule has 0 radical (unpaired) electrons. The number of allylic oxidation sites excluding steroid dienone is 1. The van der Waals surface area contributed by atoms with Gasteiger partial charge in [-0.25, -0.2) is 4.79 Å². The van der Waals surface area contributed by atoms with Crippen molar-refractivity contribution in [2.75, 3.05) is 13.7 Å². The van der Waals surface area contributed by atoms with Gasteiger partial charge in [-0.05, 0) is 31.6 Å². The molecule has 1 aliphatic heterocycles. The molecule has 0 aliphatic carbocycles. The summed E-state index contributed by atoms with van der Waals surface area (Å²) in [6.07, 6.45) is 1.70. The molecule has 0 atom stereocenters. The van der Waals surface area contributed by atoms with E-state index >= 15 is 0 Å². The zero-order valence-corrected chi connectivity index (χ0v) is 16.3. The maximum atomic E-state index is 13.2. The van der Waals surface area contributed by atoms with E-state index in [1.165, 1.54) is 7.11 Å². The van der Waals surface area contributed by atoms with Crippen molar-refractivity contribution in [1.82, 2.24) is 4.90 Å². The van der Waals surface area contributed by atoms with Crippen LogP contribution in [0.25, 0.3) is 6.08 Å². The van der Waals surface area contributed by atoms with E-state index in [2.05, 4.69) is 0 Å². The molecule has 0 fully saturated rings. The number of hydrogen-bond acceptors (Lipinski definition) is 4. The second-order valence-corrected chi connectivity index (χ2v) is 6.36. The van der Waals surface area contributed by atoms with E-state index in [1.54, 1.807) is 17.9 Å². The largest absolute Gasteiger partial charge is 0.493 e. The number of benzene rings is 2. The summed E-state index contributed by atoms with van der Waals surface area (Å²) in [6, 6.07) is 17.1. The van der Waals surface area contributed by atoms with Crippen LogP contribution in [0.15, 0.2) is 71.4 Å². The third-order valence-electron chi connectivity index (χ3n) is 4.60. The van der Waals surface area contributed by atoms with Crippen molar-refractivity contribution in [1.29, 1.82) is 0 Å². The summed E-state index contributed by atoms with van der Waals surface area (Å²) in [5, 5.41) is 0. The Balaban J connectivity index is 2.05. The highest BCUT2D eigenvalue weighted by Crippen LogP contribution is 2.34.